The molecule has 0 unspecified atom stereocenters. The molecule has 0 saturated carbocycles. The van der Waals surface area contributed by atoms with Crippen molar-refractivity contribution in [2.45, 2.75) is 25.7 Å². The molecule has 0 atom stereocenters. The summed E-state index contributed by atoms with van der Waals surface area (Å²) in [6, 6.07) is 13.6. The van der Waals surface area contributed by atoms with E-state index in [1.165, 1.54) is 18.3 Å². The van der Waals surface area contributed by atoms with Gasteiger partial charge < -0.3 is 0 Å². The second kappa shape index (κ2) is 7.56. The number of nitrogens with zero attached hydrogens (tertiary/aromatic N) is 3. The summed E-state index contributed by atoms with van der Waals surface area (Å²) in [5.74, 6) is -0.269. The molecule has 7 nitrogen and oxygen atoms in total. The maximum atomic E-state index is 12.9. The van der Waals surface area contributed by atoms with Crippen molar-refractivity contribution in [3.05, 3.63) is 81.0 Å². The third kappa shape index (κ3) is 3.46. The van der Waals surface area contributed by atoms with Gasteiger partial charge in [-0.25, -0.2) is 5.43 Å². The van der Waals surface area contributed by atoms with Gasteiger partial charge in [-0.05, 0) is 55.0 Å². The van der Waals surface area contributed by atoms with Crippen LogP contribution in [-0.2, 0) is 12.8 Å². The van der Waals surface area contributed by atoms with Crippen LogP contribution >= 0.6 is 0 Å². The van der Waals surface area contributed by atoms with Gasteiger partial charge in [0.15, 0.2) is 0 Å². The molecule has 0 saturated heterocycles. The van der Waals surface area contributed by atoms with E-state index in [2.05, 4.69) is 10.5 Å². The Labute approximate surface area is 161 Å². The first-order chi connectivity index (χ1) is 13.6. The number of pyridine rings is 1. The molecule has 28 heavy (non-hydrogen) atoms. The van der Waals surface area contributed by atoms with Gasteiger partial charge in [0, 0.05) is 23.2 Å². The van der Waals surface area contributed by atoms with Crippen LogP contribution in [0.5, 0.6) is 0 Å². The minimum absolute atomic E-state index is 0.0102. The van der Waals surface area contributed by atoms with Crippen LogP contribution in [0.1, 0.15) is 40.0 Å². The Kier molecular flexibility index (Phi) is 4.80. The molecule has 140 valence electrons. The van der Waals surface area contributed by atoms with Crippen LogP contribution in [0.4, 0.5) is 5.69 Å². The number of aromatic nitrogens is 1. The van der Waals surface area contributed by atoms with Gasteiger partial charge >= 0.3 is 0 Å². The zero-order valence-corrected chi connectivity index (χ0v) is 15.1. The van der Waals surface area contributed by atoms with Crippen molar-refractivity contribution in [2.24, 2.45) is 5.10 Å². The third-order valence-electron chi connectivity index (χ3n) is 4.88. The number of benzene rings is 2. The fourth-order valence-corrected chi connectivity index (χ4v) is 3.54. The highest BCUT2D eigenvalue weighted by Gasteiger charge is 2.22. The number of carbonyl (C=O) groups is 1. The third-order valence-corrected chi connectivity index (χ3v) is 4.88. The number of nitro benzene ring substituents is 1. The summed E-state index contributed by atoms with van der Waals surface area (Å²) in [5.41, 5.74) is 6.72. The molecule has 1 aliphatic carbocycles. The Morgan fingerprint density at radius 3 is 2.64 bits per heavy atom. The number of rotatable bonds is 4. The van der Waals surface area contributed by atoms with Crippen LogP contribution in [0.2, 0.25) is 0 Å². The molecule has 0 spiro atoms. The van der Waals surface area contributed by atoms with Crippen LogP contribution < -0.4 is 5.43 Å². The van der Waals surface area contributed by atoms with Gasteiger partial charge in [0.05, 0.1) is 22.2 Å². The van der Waals surface area contributed by atoms with E-state index < -0.39 is 4.92 Å². The van der Waals surface area contributed by atoms with Crippen LogP contribution in [0.15, 0.2) is 53.6 Å². The molecule has 7 heteroatoms. The van der Waals surface area contributed by atoms with Crippen molar-refractivity contribution in [3.63, 3.8) is 0 Å². The highest BCUT2D eigenvalue weighted by atomic mass is 16.6. The standard InChI is InChI=1S/C21H18N4O3/c26-21(24-22-13-14-9-11-15(12-10-14)25(27)28)20-16-5-1-3-7-18(16)23-19-8-4-2-6-17(19)20/h1,3,5,7,9-13H,2,4,6,8H2,(H,24,26)/b22-13+. The molecular formula is C21H18N4O3. The smallest absolute Gasteiger partial charge is 0.267 e. The van der Waals surface area contributed by atoms with E-state index in [1.54, 1.807) is 12.1 Å². The lowest BCUT2D eigenvalue weighted by Crippen LogP contribution is -2.22. The van der Waals surface area contributed by atoms with E-state index >= 15 is 0 Å². The number of nitrogens with one attached hydrogen (secondary N) is 1. The predicted octanol–water partition coefficient (Wildman–Crippen LogP) is 3.79. The van der Waals surface area contributed by atoms with Gasteiger partial charge in [-0.15, -0.1) is 0 Å². The number of nitro groups is 1. The normalized spacial score (nSPS) is 13.4. The van der Waals surface area contributed by atoms with E-state index in [-0.39, 0.29) is 11.6 Å². The molecule has 1 N–H and O–H groups in total. The highest BCUT2D eigenvalue weighted by Crippen LogP contribution is 2.29. The lowest BCUT2D eigenvalue weighted by atomic mass is 9.89. The molecule has 0 aliphatic heterocycles. The van der Waals surface area contributed by atoms with Crippen LogP contribution in [0.25, 0.3) is 10.9 Å². The summed E-state index contributed by atoms with van der Waals surface area (Å²) < 4.78 is 0. The Morgan fingerprint density at radius 1 is 1.11 bits per heavy atom. The van der Waals surface area contributed by atoms with E-state index in [1.807, 2.05) is 24.3 Å². The summed E-state index contributed by atoms with van der Waals surface area (Å²) in [5, 5.41) is 15.6. The van der Waals surface area contributed by atoms with E-state index in [0.29, 0.717) is 11.1 Å². The van der Waals surface area contributed by atoms with Crippen molar-refractivity contribution in [1.29, 1.82) is 0 Å². The summed E-state index contributed by atoms with van der Waals surface area (Å²) in [6.07, 6.45) is 5.31. The molecule has 0 bridgehead atoms. The molecule has 1 heterocycles. The average Bonchev–Trinajstić information content (AvgIpc) is 2.72. The molecule has 1 aromatic heterocycles. The number of aryl methyl sites for hydroxylation is 1. The average molecular weight is 374 g/mol. The van der Waals surface area contributed by atoms with Crippen molar-refractivity contribution >= 4 is 28.7 Å². The number of non-ortho nitro benzene ring substituents is 1. The maximum Gasteiger partial charge on any atom is 0.272 e. The Hall–Kier alpha value is -3.61. The molecular weight excluding hydrogens is 356 g/mol. The van der Waals surface area contributed by atoms with Crippen LogP contribution in [-0.4, -0.2) is 22.0 Å². The van der Waals surface area contributed by atoms with E-state index in [0.717, 1.165) is 47.8 Å². The molecule has 2 aromatic carbocycles. The van der Waals surface area contributed by atoms with Gasteiger partial charge in [0.1, 0.15) is 0 Å². The molecule has 3 aromatic rings. The highest BCUT2D eigenvalue weighted by molar-refractivity contribution is 6.07. The maximum absolute atomic E-state index is 12.9. The van der Waals surface area contributed by atoms with Gasteiger partial charge in [0.2, 0.25) is 0 Å². The fourth-order valence-electron chi connectivity index (χ4n) is 3.54. The molecule has 1 aliphatic rings. The number of amides is 1. The molecule has 1 amide bonds. The second-order valence-electron chi connectivity index (χ2n) is 6.68. The van der Waals surface area contributed by atoms with Crippen molar-refractivity contribution in [3.8, 4) is 0 Å². The number of hydrogen-bond donors (Lipinski definition) is 1. The summed E-state index contributed by atoms with van der Waals surface area (Å²) >= 11 is 0. The summed E-state index contributed by atoms with van der Waals surface area (Å²) in [7, 11) is 0. The first-order valence-corrected chi connectivity index (χ1v) is 9.12. The Bertz CT molecular complexity index is 1090. The quantitative estimate of drug-likeness (QED) is 0.427. The largest absolute Gasteiger partial charge is 0.272 e. The predicted molar refractivity (Wildman–Crippen MR) is 107 cm³/mol. The molecule has 0 radical (unpaired) electrons. The van der Waals surface area contributed by atoms with Crippen molar-refractivity contribution < 1.29 is 9.72 Å². The monoisotopic (exact) mass is 374 g/mol. The number of hydrazone groups is 1. The zero-order chi connectivity index (χ0) is 19.5. The summed E-state index contributed by atoms with van der Waals surface area (Å²) in [6.45, 7) is 0. The SMILES string of the molecule is O=C(N/N=C/c1ccc([N+](=O)[O-])cc1)c1c2c(nc3ccccc13)CCCC2. The van der Waals surface area contributed by atoms with Gasteiger partial charge in [-0.2, -0.15) is 5.10 Å². The second-order valence-corrected chi connectivity index (χ2v) is 6.68. The molecule has 4 rings (SSSR count). The fraction of sp³-hybridized carbons (Fsp3) is 0.190. The lowest BCUT2D eigenvalue weighted by Gasteiger charge is -2.19. The number of carbonyl (C=O) groups excluding carboxylic acids is 1. The minimum atomic E-state index is -0.458. The minimum Gasteiger partial charge on any atom is -0.267 e. The first-order valence-electron chi connectivity index (χ1n) is 9.12. The van der Waals surface area contributed by atoms with Crippen LogP contribution in [0.3, 0.4) is 0 Å². The molecule has 0 fully saturated rings. The first kappa shape index (κ1) is 17.8. The van der Waals surface area contributed by atoms with Gasteiger partial charge in [-0.1, -0.05) is 18.2 Å². The summed E-state index contributed by atoms with van der Waals surface area (Å²) in [4.78, 5) is 27.9. The van der Waals surface area contributed by atoms with Crippen LogP contribution in [0, 0.1) is 10.1 Å². The Morgan fingerprint density at radius 2 is 1.86 bits per heavy atom. The number of fused-ring (bicyclic) bond motifs is 2. The number of para-hydroxylation sites is 1. The Balaban J connectivity index is 1.61. The van der Waals surface area contributed by atoms with Gasteiger partial charge in [0.25, 0.3) is 11.6 Å². The van der Waals surface area contributed by atoms with Crippen molar-refractivity contribution in [2.75, 3.05) is 0 Å². The van der Waals surface area contributed by atoms with Gasteiger partial charge in [-0.3, -0.25) is 19.9 Å². The zero-order valence-electron chi connectivity index (χ0n) is 15.1. The lowest BCUT2D eigenvalue weighted by molar-refractivity contribution is -0.384. The van der Waals surface area contributed by atoms with E-state index in [4.69, 9.17) is 4.98 Å². The number of hydrogen-bond acceptors (Lipinski definition) is 5. The van der Waals surface area contributed by atoms with Crippen molar-refractivity contribution in [1.82, 2.24) is 10.4 Å². The van der Waals surface area contributed by atoms with E-state index in [9.17, 15) is 14.9 Å². The topological polar surface area (TPSA) is 97.5 Å².